The van der Waals surface area contributed by atoms with Gasteiger partial charge in [-0.3, -0.25) is 0 Å². The average Bonchev–Trinajstić information content (AvgIpc) is 2.71. The zero-order valence-corrected chi connectivity index (χ0v) is 7.87. The van der Waals surface area contributed by atoms with Crippen molar-refractivity contribution >= 4 is 21.5 Å². The number of nitrogens with one attached hydrogen (secondary N) is 1. The average molecular weight is 223 g/mol. The van der Waals surface area contributed by atoms with Gasteiger partial charge in [-0.1, -0.05) is 11.3 Å². The summed E-state index contributed by atoms with van der Waals surface area (Å²) in [4.78, 5) is 3.74. The smallest absolute Gasteiger partial charge is 0.389 e. The predicted octanol–water partition coefficient (Wildman–Crippen LogP) is 2.23. The molecule has 1 aromatic rings. The summed E-state index contributed by atoms with van der Waals surface area (Å²) in [6, 6.07) is 0. The number of hydrogen-bond acceptors (Lipinski definition) is 4. The van der Waals surface area contributed by atoms with Gasteiger partial charge < -0.3 is 11.1 Å². The van der Waals surface area contributed by atoms with Crippen molar-refractivity contribution in [2.75, 3.05) is 11.1 Å². The Hall–Kier alpha value is -0.980. The van der Waals surface area contributed by atoms with Crippen LogP contribution in [-0.2, 0) is 0 Å². The lowest BCUT2D eigenvalue weighted by Gasteiger charge is -2.19. The quantitative estimate of drug-likeness (QED) is 0.808. The number of nitrogen functional groups attached to an aromatic ring is 1. The molecular weight excluding hydrogens is 215 g/mol. The molecule has 0 atom stereocenters. The van der Waals surface area contributed by atoms with Crippen molar-refractivity contribution in [2.24, 2.45) is 0 Å². The van der Waals surface area contributed by atoms with Crippen LogP contribution in [0, 0.1) is 0 Å². The van der Waals surface area contributed by atoms with E-state index in [1.165, 1.54) is 6.20 Å². The van der Waals surface area contributed by atoms with Gasteiger partial charge in [-0.15, -0.1) is 0 Å². The fourth-order valence-corrected chi connectivity index (χ4v) is 1.83. The van der Waals surface area contributed by atoms with E-state index in [-0.39, 0.29) is 18.0 Å². The van der Waals surface area contributed by atoms with Gasteiger partial charge in [0.15, 0.2) is 5.13 Å². The fraction of sp³-hybridized carbons (Fsp3) is 0.571. The Morgan fingerprint density at radius 2 is 2.14 bits per heavy atom. The van der Waals surface area contributed by atoms with Crippen molar-refractivity contribution in [3.05, 3.63) is 6.20 Å². The molecule has 3 N–H and O–H groups in total. The minimum absolute atomic E-state index is 0.107. The largest absolute Gasteiger partial charge is 0.411 e. The van der Waals surface area contributed by atoms with Gasteiger partial charge in [0.1, 0.15) is 10.5 Å². The zero-order valence-electron chi connectivity index (χ0n) is 7.06. The van der Waals surface area contributed by atoms with Gasteiger partial charge in [0.25, 0.3) is 0 Å². The molecule has 0 unspecified atom stereocenters. The summed E-state index contributed by atoms with van der Waals surface area (Å²) in [6.45, 7) is 0. The van der Waals surface area contributed by atoms with E-state index in [0.717, 1.165) is 11.3 Å². The normalized spacial score (nSPS) is 19.4. The van der Waals surface area contributed by atoms with Crippen LogP contribution in [0.1, 0.15) is 12.8 Å². The van der Waals surface area contributed by atoms with E-state index in [0.29, 0.717) is 5.00 Å². The van der Waals surface area contributed by atoms with Crippen LogP contribution < -0.4 is 11.1 Å². The lowest BCUT2D eigenvalue weighted by molar-refractivity contribution is -0.151. The molecule has 1 fully saturated rings. The fourth-order valence-electron chi connectivity index (χ4n) is 1.15. The second kappa shape index (κ2) is 2.75. The van der Waals surface area contributed by atoms with Gasteiger partial charge in [0.2, 0.25) is 0 Å². The van der Waals surface area contributed by atoms with Crippen molar-refractivity contribution in [1.29, 1.82) is 0 Å². The van der Waals surface area contributed by atoms with Crippen molar-refractivity contribution in [3.63, 3.8) is 0 Å². The van der Waals surface area contributed by atoms with E-state index in [9.17, 15) is 13.2 Å². The molecule has 0 aliphatic heterocycles. The molecule has 0 amide bonds. The second-order valence-corrected chi connectivity index (χ2v) is 4.33. The number of nitrogens with zero attached hydrogens (tertiary/aromatic N) is 1. The Balaban J connectivity index is 2.12. The molecule has 1 saturated carbocycles. The topological polar surface area (TPSA) is 50.9 Å². The molecule has 7 heteroatoms. The van der Waals surface area contributed by atoms with E-state index in [1.54, 1.807) is 0 Å². The van der Waals surface area contributed by atoms with Gasteiger partial charge in [-0.25, -0.2) is 4.98 Å². The van der Waals surface area contributed by atoms with Crippen molar-refractivity contribution in [2.45, 2.75) is 24.6 Å². The van der Waals surface area contributed by atoms with E-state index < -0.39 is 11.7 Å². The molecular formula is C7H8F3N3S. The van der Waals surface area contributed by atoms with Gasteiger partial charge in [-0.2, -0.15) is 13.2 Å². The van der Waals surface area contributed by atoms with Crippen LogP contribution in [0.25, 0.3) is 0 Å². The van der Waals surface area contributed by atoms with Crippen molar-refractivity contribution in [1.82, 2.24) is 4.98 Å². The van der Waals surface area contributed by atoms with Gasteiger partial charge in [0.05, 0.1) is 6.20 Å². The Morgan fingerprint density at radius 1 is 1.50 bits per heavy atom. The van der Waals surface area contributed by atoms with Crippen LogP contribution in [0.15, 0.2) is 6.20 Å². The maximum absolute atomic E-state index is 12.5. The van der Waals surface area contributed by atoms with Crippen LogP contribution in [0.4, 0.5) is 23.3 Å². The first-order valence-electron chi connectivity index (χ1n) is 3.99. The summed E-state index contributed by atoms with van der Waals surface area (Å²) < 4.78 is 37.4. The third-order valence-electron chi connectivity index (χ3n) is 2.16. The highest BCUT2D eigenvalue weighted by atomic mass is 32.1. The second-order valence-electron chi connectivity index (χ2n) is 3.27. The summed E-state index contributed by atoms with van der Waals surface area (Å²) in [5, 5.41) is 3.03. The van der Waals surface area contributed by atoms with Crippen LogP contribution in [0.2, 0.25) is 0 Å². The monoisotopic (exact) mass is 223 g/mol. The number of alkyl halides is 3. The van der Waals surface area contributed by atoms with Crippen LogP contribution in [0.5, 0.6) is 0 Å². The standard InChI is InChI=1S/C7H8F3N3S/c8-7(9,10)6(1-2-6)13-5-12-3-4(11)14-5/h3H,1-2,11H2,(H,12,13). The van der Waals surface area contributed by atoms with E-state index >= 15 is 0 Å². The van der Waals surface area contributed by atoms with Gasteiger partial charge in [0, 0.05) is 0 Å². The third-order valence-corrected chi connectivity index (χ3v) is 2.90. The number of halogens is 3. The molecule has 3 nitrogen and oxygen atoms in total. The van der Waals surface area contributed by atoms with E-state index in [4.69, 9.17) is 5.73 Å². The molecule has 1 aliphatic carbocycles. The number of anilines is 2. The molecule has 1 aliphatic rings. The highest BCUT2D eigenvalue weighted by Crippen LogP contribution is 2.51. The maximum atomic E-state index is 12.5. The van der Waals surface area contributed by atoms with Gasteiger partial charge in [-0.05, 0) is 12.8 Å². The lowest BCUT2D eigenvalue weighted by atomic mass is 10.3. The number of nitrogens with two attached hydrogens (primary N) is 1. The summed E-state index contributed by atoms with van der Waals surface area (Å²) in [5.74, 6) is 0. The highest BCUT2D eigenvalue weighted by Gasteiger charge is 2.63. The first-order valence-corrected chi connectivity index (χ1v) is 4.81. The Morgan fingerprint density at radius 3 is 2.50 bits per heavy atom. The predicted molar refractivity (Wildman–Crippen MR) is 48.2 cm³/mol. The number of hydrogen-bond donors (Lipinski definition) is 2. The van der Waals surface area contributed by atoms with Crippen molar-refractivity contribution in [3.8, 4) is 0 Å². The highest BCUT2D eigenvalue weighted by molar-refractivity contribution is 7.19. The van der Waals surface area contributed by atoms with Gasteiger partial charge >= 0.3 is 6.18 Å². The van der Waals surface area contributed by atoms with Crippen LogP contribution >= 0.6 is 11.3 Å². The first-order chi connectivity index (χ1) is 6.43. The molecule has 0 aromatic carbocycles. The minimum Gasteiger partial charge on any atom is -0.389 e. The lowest BCUT2D eigenvalue weighted by Crippen LogP contribution is -2.38. The third kappa shape index (κ3) is 1.52. The SMILES string of the molecule is Nc1cnc(NC2(C(F)(F)F)CC2)s1. The number of aromatic nitrogens is 1. The summed E-state index contributed by atoms with van der Waals surface area (Å²) in [6.07, 6.45) is -2.65. The molecule has 14 heavy (non-hydrogen) atoms. The number of rotatable bonds is 2. The molecule has 0 radical (unpaired) electrons. The Labute approximate surface area is 82.1 Å². The van der Waals surface area contributed by atoms with Crippen molar-refractivity contribution < 1.29 is 13.2 Å². The summed E-state index contributed by atoms with van der Waals surface area (Å²) in [5.41, 5.74) is 3.61. The van der Waals surface area contributed by atoms with E-state index in [1.807, 2.05) is 0 Å². The molecule has 2 rings (SSSR count). The van der Waals surface area contributed by atoms with Crippen LogP contribution in [-0.4, -0.2) is 16.7 Å². The summed E-state index contributed by atoms with van der Waals surface area (Å²) in [7, 11) is 0. The Kier molecular flexibility index (Phi) is 1.88. The molecule has 1 aromatic heterocycles. The van der Waals surface area contributed by atoms with E-state index in [2.05, 4.69) is 10.3 Å². The molecule has 0 bridgehead atoms. The van der Waals surface area contributed by atoms with Crippen LogP contribution in [0.3, 0.4) is 0 Å². The summed E-state index contributed by atoms with van der Waals surface area (Å²) >= 11 is 1.03. The first kappa shape index (κ1) is 9.57. The Bertz CT molecular complexity index is 342. The minimum atomic E-state index is -4.21. The molecule has 78 valence electrons. The molecule has 0 spiro atoms. The molecule has 1 heterocycles. The number of thiazole rings is 1. The zero-order chi connectivity index (χ0) is 10.4. The maximum Gasteiger partial charge on any atom is 0.411 e. The molecule has 0 saturated heterocycles.